The Morgan fingerprint density at radius 1 is 1.04 bits per heavy atom. The van der Waals surface area contributed by atoms with Gasteiger partial charge in [0, 0.05) is 5.02 Å². The molecule has 0 saturated heterocycles. The molecule has 0 atom stereocenters. The molecular formula is C16H10Cl4N4O3S. The quantitative estimate of drug-likeness (QED) is 0.601. The fourth-order valence-electron chi connectivity index (χ4n) is 2.38. The molecule has 0 aliphatic carbocycles. The van der Waals surface area contributed by atoms with Crippen molar-refractivity contribution >= 4 is 62.3 Å². The van der Waals surface area contributed by atoms with Crippen LogP contribution in [0.5, 0.6) is 0 Å². The summed E-state index contributed by atoms with van der Waals surface area (Å²) in [6.07, 6.45) is 0. The van der Waals surface area contributed by atoms with E-state index >= 15 is 0 Å². The molecule has 0 radical (unpaired) electrons. The number of nitrogens with zero attached hydrogens (tertiary/aromatic N) is 3. The molecule has 146 valence electrons. The van der Waals surface area contributed by atoms with Gasteiger partial charge in [-0.25, -0.2) is 17.8 Å². The van der Waals surface area contributed by atoms with Crippen LogP contribution in [0.15, 0.2) is 41.3 Å². The molecule has 2 aromatic carbocycles. The van der Waals surface area contributed by atoms with Gasteiger partial charge in [0.2, 0.25) is 0 Å². The van der Waals surface area contributed by atoms with Crippen LogP contribution in [0, 0.1) is 6.92 Å². The standard InChI is InChI=1S/C16H10Cl4N4O3S/c1-8-14(16(25)22-28(26,27)13-5-3-2-4-10(13)18)21-23-24(8)15-11(19)6-9(17)7-12(15)20/h2-7H,1H3,(H,22,25). The average Bonchev–Trinajstić information content (AvgIpc) is 2.95. The number of carbonyl (C=O) groups excluding carboxylic acids is 1. The predicted molar refractivity (Wildman–Crippen MR) is 107 cm³/mol. The van der Waals surface area contributed by atoms with E-state index in [1.807, 2.05) is 4.72 Å². The van der Waals surface area contributed by atoms with Crippen molar-refractivity contribution in [2.75, 3.05) is 0 Å². The molecule has 1 N–H and O–H groups in total. The minimum absolute atomic E-state index is 0.0251. The second-order valence-corrected chi connectivity index (χ2v) is 8.83. The Balaban J connectivity index is 1.97. The van der Waals surface area contributed by atoms with Gasteiger partial charge < -0.3 is 0 Å². The van der Waals surface area contributed by atoms with Crippen LogP contribution in [0.2, 0.25) is 20.1 Å². The third kappa shape index (κ3) is 3.97. The molecule has 0 unspecified atom stereocenters. The van der Waals surface area contributed by atoms with Gasteiger partial charge in [-0.2, -0.15) is 0 Å². The summed E-state index contributed by atoms with van der Waals surface area (Å²) in [7, 11) is -4.21. The van der Waals surface area contributed by atoms with Gasteiger partial charge in [-0.15, -0.1) is 5.10 Å². The van der Waals surface area contributed by atoms with E-state index in [1.165, 1.54) is 41.9 Å². The van der Waals surface area contributed by atoms with Gasteiger partial charge in [-0.05, 0) is 31.2 Å². The van der Waals surface area contributed by atoms with E-state index in [0.29, 0.717) is 5.02 Å². The minimum atomic E-state index is -4.21. The van der Waals surface area contributed by atoms with E-state index < -0.39 is 15.9 Å². The number of halogens is 4. The molecule has 7 nitrogen and oxygen atoms in total. The van der Waals surface area contributed by atoms with Gasteiger partial charge in [0.05, 0.1) is 20.8 Å². The fraction of sp³-hybridized carbons (Fsp3) is 0.0625. The lowest BCUT2D eigenvalue weighted by Gasteiger charge is -2.10. The van der Waals surface area contributed by atoms with Crippen LogP contribution in [0.3, 0.4) is 0 Å². The number of amides is 1. The highest BCUT2D eigenvalue weighted by Crippen LogP contribution is 2.32. The maximum Gasteiger partial charge on any atom is 0.287 e. The van der Waals surface area contributed by atoms with Crippen molar-refractivity contribution in [1.82, 2.24) is 19.7 Å². The summed E-state index contributed by atoms with van der Waals surface area (Å²) >= 11 is 24.1. The number of nitrogens with one attached hydrogen (secondary N) is 1. The zero-order valence-corrected chi connectivity index (χ0v) is 17.8. The number of rotatable bonds is 4. The summed E-state index contributed by atoms with van der Waals surface area (Å²) in [6.45, 7) is 1.51. The summed E-state index contributed by atoms with van der Waals surface area (Å²) in [4.78, 5) is 12.3. The molecule has 1 aromatic heterocycles. The molecule has 3 rings (SSSR count). The first-order chi connectivity index (χ1) is 13.1. The highest BCUT2D eigenvalue weighted by molar-refractivity contribution is 7.90. The third-order valence-electron chi connectivity index (χ3n) is 3.66. The predicted octanol–water partition coefficient (Wildman–Crippen LogP) is 4.31. The Morgan fingerprint density at radius 3 is 2.25 bits per heavy atom. The zero-order chi connectivity index (χ0) is 20.6. The number of aromatic nitrogens is 3. The molecule has 0 aliphatic heterocycles. The molecule has 0 spiro atoms. The van der Waals surface area contributed by atoms with Crippen molar-refractivity contribution in [3.63, 3.8) is 0 Å². The normalized spacial score (nSPS) is 11.5. The lowest BCUT2D eigenvalue weighted by molar-refractivity contribution is 0.0976. The molecular weight excluding hydrogens is 470 g/mol. The summed E-state index contributed by atoms with van der Waals surface area (Å²) in [6, 6.07) is 8.62. The van der Waals surface area contributed by atoms with E-state index in [9.17, 15) is 13.2 Å². The van der Waals surface area contributed by atoms with Crippen molar-refractivity contribution in [1.29, 1.82) is 0 Å². The Morgan fingerprint density at radius 2 is 1.64 bits per heavy atom. The van der Waals surface area contributed by atoms with E-state index in [1.54, 1.807) is 6.07 Å². The monoisotopic (exact) mass is 478 g/mol. The van der Waals surface area contributed by atoms with Crippen LogP contribution < -0.4 is 4.72 Å². The molecule has 3 aromatic rings. The molecule has 28 heavy (non-hydrogen) atoms. The first-order valence-corrected chi connectivity index (χ1v) is 10.5. The average molecular weight is 480 g/mol. The maximum absolute atomic E-state index is 12.5. The lowest BCUT2D eigenvalue weighted by atomic mass is 10.3. The second-order valence-electron chi connectivity index (χ2n) is 5.52. The van der Waals surface area contributed by atoms with Crippen LogP contribution in [-0.4, -0.2) is 29.3 Å². The van der Waals surface area contributed by atoms with Crippen molar-refractivity contribution in [3.05, 3.63) is 67.9 Å². The number of hydrogen-bond donors (Lipinski definition) is 1. The second kappa shape index (κ2) is 7.88. The van der Waals surface area contributed by atoms with Crippen LogP contribution in [0.25, 0.3) is 5.69 Å². The van der Waals surface area contributed by atoms with Crippen LogP contribution in [-0.2, 0) is 10.0 Å². The van der Waals surface area contributed by atoms with Crippen molar-refractivity contribution < 1.29 is 13.2 Å². The number of benzene rings is 2. The highest BCUT2D eigenvalue weighted by atomic mass is 35.5. The van der Waals surface area contributed by atoms with Crippen molar-refractivity contribution in [3.8, 4) is 5.69 Å². The summed E-state index contributed by atoms with van der Waals surface area (Å²) in [5, 5.41) is 8.26. The van der Waals surface area contributed by atoms with Gasteiger partial charge in [0.1, 0.15) is 10.6 Å². The van der Waals surface area contributed by atoms with Crippen LogP contribution in [0.4, 0.5) is 0 Å². The SMILES string of the molecule is Cc1c(C(=O)NS(=O)(=O)c2ccccc2Cl)nnn1-c1c(Cl)cc(Cl)cc1Cl. The zero-order valence-electron chi connectivity index (χ0n) is 14.0. The van der Waals surface area contributed by atoms with Gasteiger partial charge >= 0.3 is 0 Å². The van der Waals surface area contributed by atoms with E-state index in [0.717, 1.165) is 0 Å². The fourth-order valence-corrected chi connectivity index (χ4v) is 4.83. The Hall–Kier alpha value is -1.84. The summed E-state index contributed by atoms with van der Waals surface area (Å²) in [5.74, 6) is -0.982. The first kappa shape index (κ1) is 20.9. The topological polar surface area (TPSA) is 93.9 Å². The smallest absolute Gasteiger partial charge is 0.266 e. The van der Waals surface area contributed by atoms with E-state index in [-0.39, 0.29) is 37.0 Å². The molecule has 12 heteroatoms. The highest BCUT2D eigenvalue weighted by Gasteiger charge is 2.26. The van der Waals surface area contributed by atoms with Gasteiger partial charge in [-0.1, -0.05) is 63.7 Å². The number of hydrogen-bond acceptors (Lipinski definition) is 5. The summed E-state index contributed by atoms with van der Waals surface area (Å²) in [5.41, 5.74) is 0.251. The molecule has 0 saturated carbocycles. The van der Waals surface area contributed by atoms with Gasteiger partial charge in [-0.3, -0.25) is 4.79 Å². The van der Waals surface area contributed by atoms with Crippen molar-refractivity contribution in [2.45, 2.75) is 11.8 Å². The van der Waals surface area contributed by atoms with Crippen LogP contribution in [0.1, 0.15) is 16.2 Å². The Bertz CT molecular complexity index is 1170. The van der Waals surface area contributed by atoms with E-state index in [2.05, 4.69) is 10.3 Å². The van der Waals surface area contributed by atoms with E-state index in [4.69, 9.17) is 46.4 Å². The first-order valence-electron chi connectivity index (χ1n) is 7.50. The third-order valence-corrected chi connectivity index (χ3v) is 6.28. The minimum Gasteiger partial charge on any atom is -0.266 e. The molecule has 0 bridgehead atoms. The molecule has 1 heterocycles. The summed E-state index contributed by atoms with van der Waals surface area (Å²) < 4.78 is 28.0. The molecule has 0 fully saturated rings. The number of carbonyl (C=O) groups is 1. The largest absolute Gasteiger partial charge is 0.287 e. The van der Waals surface area contributed by atoms with Gasteiger partial charge in [0.15, 0.2) is 5.69 Å². The Kier molecular flexibility index (Phi) is 5.88. The molecule has 1 amide bonds. The van der Waals surface area contributed by atoms with Crippen molar-refractivity contribution in [2.24, 2.45) is 0 Å². The van der Waals surface area contributed by atoms with Gasteiger partial charge in [0.25, 0.3) is 15.9 Å². The maximum atomic E-state index is 12.5. The van der Waals surface area contributed by atoms with Crippen LogP contribution >= 0.6 is 46.4 Å². The lowest BCUT2D eigenvalue weighted by Crippen LogP contribution is -2.31. The molecule has 0 aliphatic rings. The number of sulfonamides is 1. The Labute approximate surface area is 180 Å².